The zero-order valence-electron chi connectivity index (χ0n) is 17.2. The summed E-state index contributed by atoms with van der Waals surface area (Å²) in [6, 6.07) is 23.6. The van der Waals surface area contributed by atoms with Gasteiger partial charge in [-0.1, -0.05) is 36.4 Å². The highest BCUT2D eigenvalue weighted by Crippen LogP contribution is 2.22. The molecule has 1 saturated heterocycles. The maximum absolute atomic E-state index is 11.0. The fourth-order valence-corrected chi connectivity index (χ4v) is 3.42. The van der Waals surface area contributed by atoms with Gasteiger partial charge in [-0.25, -0.2) is 0 Å². The number of benzene rings is 2. The van der Waals surface area contributed by atoms with Crippen molar-refractivity contribution in [1.82, 2.24) is 0 Å². The van der Waals surface area contributed by atoms with Crippen molar-refractivity contribution in [2.24, 2.45) is 17.4 Å². The van der Waals surface area contributed by atoms with Crippen molar-refractivity contribution in [1.29, 1.82) is 0 Å². The smallest absolute Gasteiger partial charge is 0.249 e. The molecule has 0 unspecified atom stereocenters. The van der Waals surface area contributed by atoms with Crippen LogP contribution in [0.2, 0.25) is 0 Å². The monoisotopic (exact) mass is 438 g/mol. The maximum Gasteiger partial charge on any atom is 0.249 e. The molecule has 0 radical (unpaired) electrons. The lowest BCUT2D eigenvalue weighted by atomic mass is 9.96. The van der Waals surface area contributed by atoms with Crippen LogP contribution in [0.4, 0.5) is 5.69 Å². The lowest BCUT2D eigenvalue weighted by Crippen LogP contribution is -3.00. The first-order valence-electron chi connectivity index (χ1n) is 10.0. The predicted molar refractivity (Wildman–Crippen MR) is 117 cm³/mol. The molecule has 2 aromatic carbocycles. The van der Waals surface area contributed by atoms with Gasteiger partial charge in [0.2, 0.25) is 17.5 Å². The van der Waals surface area contributed by atoms with Crippen LogP contribution >= 0.6 is 0 Å². The summed E-state index contributed by atoms with van der Waals surface area (Å²) in [7, 11) is 0. The molecule has 1 aliphatic heterocycles. The van der Waals surface area contributed by atoms with Gasteiger partial charge in [0.15, 0.2) is 12.4 Å². The Morgan fingerprint density at radius 2 is 1.32 bits per heavy atom. The zero-order valence-corrected chi connectivity index (χ0v) is 18.0. The summed E-state index contributed by atoms with van der Waals surface area (Å²) in [6.07, 6.45) is 5.39. The van der Waals surface area contributed by atoms with Gasteiger partial charge in [0.05, 0.1) is 5.56 Å². The number of rotatable bonds is 4. The molecule has 7 heteroatoms. The first kappa shape index (κ1) is 23.9. The molecule has 1 fully saturated rings. The molecule has 1 aromatic heterocycles. The molecular formula is C24H27ClN4O2. The number of nitrogens with zero attached hydrogens (tertiary/aromatic N) is 2. The van der Waals surface area contributed by atoms with E-state index in [1.54, 1.807) is 12.1 Å². The van der Waals surface area contributed by atoms with E-state index in [2.05, 4.69) is 17.0 Å². The number of halogens is 1. The molecule has 1 aliphatic rings. The fraction of sp³-hybridized carbons (Fsp3) is 0.208. The fourth-order valence-electron chi connectivity index (χ4n) is 3.42. The van der Waals surface area contributed by atoms with Crippen LogP contribution in [0.3, 0.4) is 0 Å². The second-order valence-electron chi connectivity index (χ2n) is 7.19. The van der Waals surface area contributed by atoms with E-state index in [9.17, 15) is 9.59 Å². The van der Waals surface area contributed by atoms with Gasteiger partial charge in [0.25, 0.3) is 0 Å². The van der Waals surface area contributed by atoms with Crippen molar-refractivity contribution in [3.8, 4) is 5.69 Å². The average molecular weight is 439 g/mol. The third kappa shape index (κ3) is 6.83. The number of hydrogen-bond acceptors (Lipinski definition) is 3. The second-order valence-corrected chi connectivity index (χ2v) is 7.19. The first-order chi connectivity index (χ1) is 14.5. The Hall–Kier alpha value is -3.38. The Morgan fingerprint density at radius 3 is 1.81 bits per heavy atom. The van der Waals surface area contributed by atoms with Gasteiger partial charge in [0, 0.05) is 49.0 Å². The Morgan fingerprint density at radius 1 is 0.806 bits per heavy atom. The van der Waals surface area contributed by atoms with Crippen molar-refractivity contribution >= 4 is 17.5 Å². The van der Waals surface area contributed by atoms with E-state index in [1.165, 1.54) is 5.69 Å². The number of carbonyl (C=O) groups is 2. The maximum atomic E-state index is 11.0. The Labute approximate surface area is 188 Å². The van der Waals surface area contributed by atoms with Gasteiger partial charge < -0.3 is 28.8 Å². The molecular weight excluding hydrogens is 412 g/mol. The van der Waals surface area contributed by atoms with Crippen molar-refractivity contribution in [2.45, 2.75) is 12.8 Å². The van der Waals surface area contributed by atoms with Crippen LogP contribution in [0.5, 0.6) is 0 Å². The number of para-hydroxylation sites is 2. The predicted octanol–water partition coefficient (Wildman–Crippen LogP) is -0.545. The summed E-state index contributed by atoms with van der Waals surface area (Å²) >= 11 is 0. The molecule has 0 atom stereocenters. The summed E-state index contributed by atoms with van der Waals surface area (Å²) < 4.78 is 1.92. The molecule has 3 aromatic rings. The van der Waals surface area contributed by atoms with Crippen LogP contribution in [0.25, 0.3) is 5.69 Å². The zero-order chi connectivity index (χ0) is 21.3. The van der Waals surface area contributed by atoms with Gasteiger partial charge in [-0.3, -0.25) is 9.59 Å². The number of anilines is 1. The number of hydrogen-bond donors (Lipinski definition) is 2. The molecule has 31 heavy (non-hydrogen) atoms. The molecule has 162 valence electrons. The summed E-state index contributed by atoms with van der Waals surface area (Å²) in [6.45, 7) is 1.86. The third-order valence-corrected chi connectivity index (χ3v) is 5.19. The van der Waals surface area contributed by atoms with E-state index in [0.717, 1.165) is 31.6 Å². The van der Waals surface area contributed by atoms with Gasteiger partial charge in [-0.2, -0.15) is 4.57 Å². The minimum absolute atomic E-state index is 0. The van der Waals surface area contributed by atoms with Crippen LogP contribution in [0, 0.1) is 5.92 Å². The van der Waals surface area contributed by atoms with Gasteiger partial charge in [-0.15, -0.1) is 0 Å². The second kappa shape index (κ2) is 11.7. The number of primary amides is 2. The Balaban J connectivity index is 0.000000213. The standard InChI is InChI=1S/C12H16N2O.C12H10N2O.ClH/c2*13-12(15)10-6-8-14(9-7-10)11-4-2-1-3-5-11;/h1-5,10H,6-9H2,(H2,13,15);1-9H,(H-,13,15);1H. The van der Waals surface area contributed by atoms with Crippen LogP contribution < -0.4 is 33.3 Å². The Bertz CT molecular complexity index is 958. The summed E-state index contributed by atoms with van der Waals surface area (Å²) in [4.78, 5) is 24.2. The summed E-state index contributed by atoms with van der Waals surface area (Å²) in [5.41, 5.74) is 13.3. The first-order valence-corrected chi connectivity index (χ1v) is 10.0. The largest absolute Gasteiger partial charge is 1.00 e. The number of piperidine rings is 1. The highest BCUT2D eigenvalue weighted by Gasteiger charge is 2.22. The van der Waals surface area contributed by atoms with Crippen LogP contribution in [-0.2, 0) is 4.79 Å². The lowest BCUT2D eigenvalue weighted by Gasteiger charge is -2.32. The molecule has 0 saturated carbocycles. The lowest BCUT2D eigenvalue weighted by molar-refractivity contribution is -0.595. The highest BCUT2D eigenvalue weighted by molar-refractivity contribution is 5.92. The summed E-state index contributed by atoms with van der Waals surface area (Å²) in [5, 5.41) is 0. The SMILES string of the molecule is NC(=O)C1CCN(c2ccccc2)CC1.NC(=O)c1cc[n+](-c2ccccc2)cc1.[Cl-]. The minimum Gasteiger partial charge on any atom is -1.00 e. The molecule has 4 N–H and O–H groups in total. The van der Waals surface area contributed by atoms with Crippen molar-refractivity contribution in [3.05, 3.63) is 90.8 Å². The van der Waals surface area contributed by atoms with E-state index in [1.807, 2.05) is 65.5 Å². The third-order valence-electron chi connectivity index (χ3n) is 5.19. The van der Waals surface area contributed by atoms with Crippen LogP contribution in [0.15, 0.2) is 85.2 Å². The number of carbonyl (C=O) groups excluding carboxylic acids is 2. The number of nitrogens with two attached hydrogens (primary N) is 2. The number of amides is 2. The molecule has 2 amide bonds. The van der Waals surface area contributed by atoms with Gasteiger partial charge >= 0.3 is 0 Å². The van der Waals surface area contributed by atoms with E-state index in [4.69, 9.17) is 11.5 Å². The summed E-state index contributed by atoms with van der Waals surface area (Å²) in [5.74, 6) is -0.483. The molecule has 0 bridgehead atoms. The van der Waals surface area contributed by atoms with Crippen LogP contribution in [0.1, 0.15) is 23.2 Å². The average Bonchev–Trinajstić information content (AvgIpc) is 2.81. The topological polar surface area (TPSA) is 93.3 Å². The number of aromatic nitrogens is 1. The van der Waals surface area contributed by atoms with Crippen molar-refractivity contribution in [2.75, 3.05) is 18.0 Å². The van der Waals surface area contributed by atoms with Crippen LogP contribution in [-0.4, -0.2) is 24.9 Å². The molecule has 0 spiro atoms. The van der Waals surface area contributed by atoms with E-state index in [0.29, 0.717) is 5.56 Å². The van der Waals surface area contributed by atoms with Gasteiger partial charge in [0.1, 0.15) is 0 Å². The van der Waals surface area contributed by atoms with E-state index in [-0.39, 0.29) is 24.2 Å². The van der Waals surface area contributed by atoms with E-state index >= 15 is 0 Å². The van der Waals surface area contributed by atoms with Crippen molar-refractivity contribution in [3.63, 3.8) is 0 Å². The number of pyridine rings is 1. The highest BCUT2D eigenvalue weighted by atomic mass is 35.5. The molecule has 4 rings (SSSR count). The quantitative estimate of drug-likeness (QED) is 0.535. The van der Waals surface area contributed by atoms with Crippen molar-refractivity contribution < 1.29 is 26.6 Å². The Kier molecular flexibility index (Phi) is 9.03. The van der Waals surface area contributed by atoms with E-state index < -0.39 is 5.91 Å². The molecule has 6 nitrogen and oxygen atoms in total. The minimum atomic E-state index is -0.407. The molecule has 0 aliphatic carbocycles. The van der Waals surface area contributed by atoms with Gasteiger partial charge in [-0.05, 0) is 25.0 Å². The molecule has 2 heterocycles. The normalized spacial score (nSPS) is 13.4.